The maximum atomic E-state index is 5.43. The highest BCUT2D eigenvalue weighted by Crippen LogP contribution is 2.16. The fourth-order valence-corrected chi connectivity index (χ4v) is 1.69. The molecule has 2 aromatic rings. The molecule has 0 saturated carbocycles. The van der Waals surface area contributed by atoms with Gasteiger partial charge in [0.15, 0.2) is 0 Å². The molecule has 17 heavy (non-hydrogen) atoms. The first kappa shape index (κ1) is 11.5. The molecular formula is C15H17NO. The molecule has 0 aliphatic heterocycles. The van der Waals surface area contributed by atoms with E-state index in [1.54, 1.807) is 6.26 Å². The van der Waals surface area contributed by atoms with Gasteiger partial charge in [-0.25, -0.2) is 0 Å². The van der Waals surface area contributed by atoms with E-state index >= 15 is 0 Å². The average Bonchev–Trinajstić information content (AvgIpc) is 2.38. The van der Waals surface area contributed by atoms with Crippen molar-refractivity contribution in [2.24, 2.45) is 0 Å². The van der Waals surface area contributed by atoms with E-state index in [0.29, 0.717) is 6.61 Å². The van der Waals surface area contributed by atoms with Gasteiger partial charge in [-0.2, -0.15) is 0 Å². The molecule has 0 spiro atoms. The maximum Gasteiger partial charge on any atom is 0.113 e. The van der Waals surface area contributed by atoms with E-state index in [4.69, 9.17) is 4.74 Å². The molecule has 0 aliphatic carbocycles. The number of ether oxygens (including phenoxy) is 1. The van der Waals surface area contributed by atoms with E-state index in [9.17, 15) is 0 Å². The molecule has 2 nitrogen and oxygen atoms in total. The van der Waals surface area contributed by atoms with Gasteiger partial charge in [-0.1, -0.05) is 36.4 Å². The highest BCUT2D eigenvalue weighted by Gasteiger charge is 1.95. The van der Waals surface area contributed by atoms with Crippen LogP contribution in [0.2, 0.25) is 0 Å². The molecule has 0 radical (unpaired) electrons. The molecule has 0 aromatic heterocycles. The van der Waals surface area contributed by atoms with Gasteiger partial charge in [-0.15, -0.1) is 0 Å². The number of benzene rings is 2. The predicted octanol–water partition coefficient (Wildman–Crippen LogP) is 3.44. The van der Waals surface area contributed by atoms with Gasteiger partial charge in [-0.05, 0) is 29.3 Å². The zero-order chi connectivity index (χ0) is 11.9. The molecule has 0 unspecified atom stereocenters. The van der Waals surface area contributed by atoms with Crippen LogP contribution < -0.4 is 5.32 Å². The summed E-state index contributed by atoms with van der Waals surface area (Å²) in [5.41, 5.74) is 1.19. The number of fused-ring (bicyclic) bond motifs is 1. The zero-order valence-electron chi connectivity index (χ0n) is 10.0. The first-order valence-corrected chi connectivity index (χ1v) is 5.88. The largest absolute Gasteiger partial charge is 0.495 e. The molecule has 0 aliphatic rings. The standard InChI is InChI=1S/C15H17NO/c1-2-16-9-10-17-12-13-7-8-14-5-3-4-6-15(14)11-13/h3-11,16H,2,12H2,1H3. The molecule has 1 N–H and O–H groups in total. The van der Waals surface area contributed by atoms with Crippen LogP contribution in [0.4, 0.5) is 0 Å². The lowest BCUT2D eigenvalue weighted by Gasteiger charge is -2.03. The molecule has 2 rings (SSSR count). The fourth-order valence-electron chi connectivity index (χ4n) is 1.69. The van der Waals surface area contributed by atoms with Crippen molar-refractivity contribution in [2.45, 2.75) is 13.5 Å². The van der Waals surface area contributed by atoms with Crippen LogP contribution in [0.15, 0.2) is 54.9 Å². The minimum atomic E-state index is 0.604. The molecular weight excluding hydrogens is 210 g/mol. The van der Waals surface area contributed by atoms with Crippen LogP contribution in [0, 0.1) is 0 Å². The minimum Gasteiger partial charge on any atom is -0.495 e. The molecule has 0 atom stereocenters. The second-order valence-electron chi connectivity index (χ2n) is 3.85. The Morgan fingerprint density at radius 3 is 2.76 bits per heavy atom. The Morgan fingerprint density at radius 2 is 1.94 bits per heavy atom. The van der Waals surface area contributed by atoms with Crippen LogP contribution in [-0.4, -0.2) is 6.54 Å². The van der Waals surface area contributed by atoms with Crippen molar-refractivity contribution >= 4 is 10.8 Å². The van der Waals surface area contributed by atoms with E-state index in [0.717, 1.165) is 6.54 Å². The van der Waals surface area contributed by atoms with Gasteiger partial charge in [0.25, 0.3) is 0 Å². The summed E-state index contributed by atoms with van der Waals surface area (Å²) in [6, 6.07) is 14.7. The second kappa shape index (κ2) is 5.94. The summed E-state index contributed by atoms with van der Waals surface area (Å²) in [5.74, 6) is 0. The lowest BCUT2D eigenvalue weighted by atomic mass is 10.1. The summed E-state index contributed by atoms with van der Waals surface area (Å²) in [4.78, 5) is 0. The van der Waals surface area contributed by atoms with Crippen molar-refractivity contribution in [3.05, 3.63) is 60.5 Å². The first-order valence-electron chi connectivity index (χ1n) is 5.88. The summed E-state index contributed by atoms with van der Waals surface area (Å²) < 4.78 is 5.43. The molecule has 0 amide bonds. The maximum absolute atomic E-state index is 5.43. The summed E-state index contributed by atoms with van der Waals surface area (Å²) in [6.45, 7) is 3.57. The summed E-state index contributed by atoms with van der Waals surface area (Å²) >= 11 is 0. The van der Waals surface area contributed by atoms with Crippen molar-refractivity contribution < 1.29 is 4.74 Å². The van der Waals surface area contributed by atoms with Crippen LogP contribution >= 0.6 is 0 Å². The van der Waals surface area contributed by atoms with Crippen LogP contribution in [0.3, 0.4) is 0 Å². The number of hydrogen-bond donors (Lipinski definition) is 1. The molecule has 2 aromatic carbocycles. The Bertz CT molecular complexity index is 505. The summed E-state index contributed by atoms with van der Waals surface area (Å²) in [6.07, 6.45) is 3.51. The van der Waals surface area contributed by atoms with E-state index in [2.05, 4.69) is 47.8 Å². The minimum absolute atomic E-state index is 0.604. The zero-order valence-corrected chi connectivity index (χ0v) is 10.0. The number of nitrogens with one attached hydrogen (secondary N) is 1. The topological polar surface area (TPSA) is 21.3 Å². The SMILES string of the molecule is CCNC=COCc1ccc2ccccc2c1. The smallest absolute Gasteiger partial charge is 0.113 e. The van der Waals surface area contributed by atoms with E-state index < -0.39 is 0 Å². The van der Waals surface area contributed by atoms with Gasteiger partial charge in [-0.3, -0.25) is 0 Å². The highest BCUT2D eigenvalue weighted by atomic mass is 16.5. The predicted molar refractivity (Wildman–Crippen MR) is 71.6 cm³/mol. The Morgan fingerprint density at radius 1 is 1.12 bits per heavy atom. The van der Waals surface area contributed by atoms with Crippen LogP contribution in [0.5, 0.6) is 0 Å². The van der Waals surface area contributed by atoms with Gasteiger partial charge in [0.2, 0.25) is 0 Å². The summed E-state index contributed by atoms with van der Waals surface area (Å²) in [5, 5.41) is 5.58. The van der Waals surface area contributed by atoms with Crippen molar-refractivity contribution in [3.63, 3.8) is 0 Å². The van der Waals surface area contributed by atoms with Crippen LogP contribution in [-0.2, 0) is 11.3 Å². The average molecular weight is 227 g/mol. The molecule has 0 bridgehead atoms. The second-order valence-corrected chi connectivity index (χ2v) is 3.85. The number of hydrogen-bond acceptors (Lipinski definition) is 2. The van der Waals surface area contributed by atoms with Crippen molar-refractivity contribution in [2.75, 3.05) is 6.54 Å². The molecule has 0 saturated heterocycles. The van der Waals surface area contributed by atoms with Crippen molar-refractivity contribution in [1.82, 2.24) is 5.32 Å². The van der Waals surface area contributed by atoms with Crippen LogP contribution in [0.25, 0.3) is 10.8 Å². The monoisotopic (exact) mass is 227 g/mol. The lowest BCUT2D eigenvalue weighted by Crippen LogP contribution is -2.01. The third kappa shape index (κ3) is 3.25. The molecule has 0 heterocycles. The van der Waals surface area contributed by atoms with E-state index in [1.165, 1.54) is 16.3 Å². The first-order chi connectivity index (χ1) is 8.40. The molecule has 88 valence electrons. The quantitative estimate of drug-likeness (QED) is 0.790. The van der Waals surface area contributed by atoms with Crippen molar-refractivity contribution in [1.29, 1.82) is 0 Å². The van der Waals surface area contributed by atoms with Gasteiger partial charge >= 0.3 is 0 Å². The Labute approximate surface area is 102 Å². The highest BCUT2D eigenvalue weighted by molar-refractivity contribution is 5.82. The van der Waals surface area contributed by atoms with Gasteiger partial charge in [0.05, 0.1) is 6.26 Å². The molecule has 0 fully saturated rings. The normalized spacial score (nSPS) is 10.9. The van der Waals surface area contributed by atoms with Crippen LogP contribution in [0.1, 0.15) is 12.5 Å². The Balaban J connectivity index is 1.99. The van der Waals surface area contributed by atoms with Gasteiger partial charge in [0.1, 0.15) is 6.61 Å². The summed E-state index contributed by atoms with van der Waals surface area (Å²) in [7, 11) is 0. The fraction of sp³-hybridized carbons (Fsp3) is 0.200. The molecule has 2 heteroatoms. The van der Waals surface area contributed by atoms with Crippen molar-refractivity contribution in [3.8, 4) is 0 Å². The van der Waals surface area contributed by atoms with Gasteiger partial charge < -0.3 is 10.1 Å². The van der Waals surface area contributed by atoms with Gasteiger partial charge in [0, 0.05) is 12.7 Å². The Hall–Kier alpha value is -1.96. The lowest BCUT2D eigenvalue weighted by molar-refractivity contribution is 0.235. The number of rotatable bonds is 5. The Kier molecular flexibility index (Phi) is 4.03. The van der Waals surface area contributed by atoms with E-state index in [-0.39, 0.29) is 0 Å². The van der Waals surface area contributed by atoms with E-state index in [1.807, 2.05) is 13.1 Å². The third-order valence-electron chi connectivity index (χ3n) is 2.55. The third-order valence-corrected chi connectivity index (χ3v) is 2.55.